The minimum Gasteiger partial charge on any atom is -0.439 e. The summed E-state index contributed by atoms with van der Waals surface area (Å²) in [6.45, 7) is 3.07. The van der Waals surface area contributed by atoms with Gasteiger partial charge in [0.2, 0.25) is 11.4 Å². The molecule has 2 aromatic heterocycles. The first-order valence-corrected chi connectivity index (χ1v) is 9.54. The molecule has 3 aromatic rings. The number of ether oxygens (including phenoxy) is 1. The molecule has 0 radical (unpaired) electrons. The summed E-state index contributed by atoms with van der Waals surface area (Å²) in [6.07, 6.45) is 2.36. The molecule has 1 amide bonds. The molecule has 3 heterocycles. The van der Waals surface area contributed by atoms with E-state index in [2.05, 4.69) is 9.97 Å². The Kier molecular flexibility index (Phi) is 5.12. The van der Waals surface area contributed by atoms with E-state index < -0.39 is 0 Å². The van der Waals surface area contributed by atoms with Gasteiger partial charge in [0.25, 0.3) is 5.91 Å². The maximum absolute atomic E-state index is 12.8. The Balaban J connectivity index is 1.50. The van der Waals surface area contributed by atoms with Gasteiger partial charge in [0.1, 0.15) is 11.6 Å². The van der Waals surface area contributed by atoms with Crippen molar-refractivity contribution >= 4 is 5.91 Å². The third-order valence-electron chi connectivity index (χ3n) is 4.99. The zero-order valence-electron chi connectivity index (χ0n) is 16.4. The van der Waals surface area contributed by atoms with E-state index in [1.54, 1.807) is 30.3 Å². The Labute approximate surface area is 168 Å². The van der Waals surface area contributed by atoms with Crippen LogP contribution in [0.25, 0.3) is 0 Å². The van der Waals surface area contributed by atoms with Gasteiger partial charge in [-0.1, -0.05) is 18.2 Å². The van der Waals surface area contributed by atoms with Crippen molar-refractivity contribution in [1.29, 1.82) is 0 Å². The third-order valence-corrected chi connectivity index (χ3v) is 4.99. The van der Waals surface area contributed by atoms with Gasteiger partial charge >= 0.3 is 0 Å². The van der Waals surface area contributed by atoms with Gasteiger partial charge in [0, 0.05) is 50.1 Å². The van der Waals surface area contributed by atoms with E-state index in [0.29, 0.717) is 30.4 Å². The molecule has 1 aliphatic heterocycles. The van der Waals surface area contributed by atoms with Gasteiger partial charge in [-0.05, 0) is 31.5 Å². The maximum Gasteiger partial charge on any atom is 0.255 e. The van der Waals surface area contributed by atoms with Gasteiger partial charge in [-0.15, -0.1) is 0 Å². The topological polar surface area (TPSA) is 77.3 Å². The first-order valence-electron chi connectivity index (χ1n) is 9.54. The minimum absolute atomic E-state index is 0.0458. The van der Waals surface area contributed by atoms with Gasteiger partial charge in [-0.3, -0.25) is 9.59 Å². The van der Waals surface area contributed by atoms with E-state index in [4.69, 9.17) is 4.74 Å². The van der Waals surface area contributed by atoms with Crippen LogP contribution < -0.4 is 10.3 Å². The van der Waals surface area contributed by atoms with Crippen LogP contribution in [0.15, 0.2) is 59.5 Å². The Morgan fingerprint density at radius 1 is 1.14 bits per heavy atom. The van der Waals surface area contributed by atoms with E-state index in [0.717, 1.165) is 17.9 Å². The van der Waals surface area contributed by atoms with Crippen LogP contribution in [0.3, 0.4) is 0 Å². The number of benzene rings is 1. The number of aryl methyl sites for hydroxylation is 2. The highest BCUT2D eigenvalue weighted by Crippen LogP contribution is 2.28. The Morgan fingerprint density at radius 3 is 2.69 bits per heavy atom. The van der Waals surface area contributed by atoms with Gasteiger partial charge in [-0.2, -0.15) is 4.98 Å². The largest absolute Gasteiger partial charge is 0.439 e. The number of aromatic nitrogens is 3. The summed E-state index contributed by atoms with van der Waals surface area (Å²) in [4.78, 5) is 35.3. The molecule has 1 aliphatic rings. The standard InChI is InChI=1S/C22H22N4O3/c1-15-12-19(29-18-6-4-3-5-7-18)24-21(23-15)16-10-11-26(14-16)22(28)17-8-9-20(27)25(2)13-17/h3-9,12-13,16H,10-11,14H2,1-2H3. The Bertz CT molecular complexity index is 1090. The van der Waals surface area contributed by atoms with Crippen LogP contribution in [0.4, 0.5) is 0 Å². The van der Waals surface area contributed by atoms with Crippen molar-refractivity contribution in [2.75, 3.05) is 13.1 Å². The summed E-state index contributed by atoms with van der Waals surface area (Å²) in [5.41, 5.74) is 1.19. The van der Waals surface area contributed by atoms with E-state index in [-0.39, 0.29) is 17.4 Å². The molecule has 0 bridgehead atoms. The minimum atomic E-state index is -0.139. The second-order valence-electron chi connectivity index (χ2n) is 7.22. The van der Waals surface area contributed by atoms with Gasteiger partial charge in [-0.25, -0.2) is 4.98 Å². The highest BCUT2D eigenvalue weighted by molar-refractivity contribution is 5.94. The molecular formula is C22H22N4O3. The summed E-state index contributed by atoms with van der Waals surface area (Å²) in [5, 5.41) is 0. The molecule has 1 saturated heterocycles. The lowest BCUT2D eigenvalue weighted by molar-refractivity contribution is 0.0789. The Hall–Kier alpha value is -3.48. The SMILES string of the molecule is Cc1cc(Oc2ccccc2)nc(C2CCN(C(=O)c3ccc(=O)n(C)c3)C2)n1. The molecule has 1 fully saturated rings. The van der Waals surface area contributed by atoms with Gasteiger partial charge in [0.05, 0.1) is 5.56 Å². The monoisotopic (exact) mass is 390 g/mol. The molecule has 0 aliphatic carbocycles. The van der Waals surface area contributed by atoms with Crippen molar-refractivity contribution in [2.24, 2.45) is 7.05 Å². The van der Waals surface area contributed by atoms with Crippen LogP contribution in [0, 0.1) is 6.92 Å². The molecular weight excluding hydrogens is 368 g/mol. The number of hydrogen-bond donors (Lipinski definition) is 0. The quantitative estimate of drug-likeness (QED) is 0.685. The average molecular weight is 390 g/mol. The summed E-state index contributed by atoms with van der Waals surface area (Å²) in [5.74, 6) is 1.86. The lowest BCUT2D eigenvalue weighted by Crippen LogP contribution is -2.30. The molecule has 0 saturated carbocycles. The number of nitrogens with zero attached hydrogens (tertiary/aromatic N) is 4. The number of rotatable bonds is 4. The second kappa shape index (κ2) is 7.87. The van der Waals surface area contributed by atoms with E-state index in [9.17, 15) is 9.59 Å². The molecule has 0 N–H and O–H groups in total. The second-order valence-corrected chi connectivity index (χ2v) is 7.22. The highest BCUT2D eigenvalue weighted by Gasteiger charge is 2.30. The van der Waals surface area contributed by atoms with Crippen LogP contribution in [0.1, 0.15) is 34.2 Å². The van der Waals surface area contributed by atoms with Crippen molar-refractivity contribution in [3.63, 3.8) is 0 Å². The summed E-state index contributed by atoms with van der Waals surface area (Å²) in [7, 11) is 1.64. The fourth-order valence-electron chi connectivity index (χ4n) is 3.46. The molecule has 7 heteroatoms. The third kappa shape index (κ3) is 4.18. The van der Waals surface area contributed by atoms with Crippen molar-refractivity contribution in [1.82, 2.24) is 19.4 Å². The number of carbonyl (C=O) groups excluding carboxylic acids is 1. The molecule has 4 rings (SSSR count). The first kappa shape index (κ1) is 18.9. The molecule has 1 aromatic carbocycles. The van der Waals surface area contributed by atoms with Gasteiger partial charge in [0.15, 0.2) is 0 Å². The molecule has 148 valence electrons. The normalized spacial score (nSPS) is 16.1. The van der Waals surface area contributed by atoms with E-state index in [1.165, 1.54) is 10.6 Å². The highest BCUT2D eigenvalue weighted by atomic mass is 16.5. The Morgan fingerprint density at radius 2 is 1.93 bits per heavy atom. The molecule has 1 unspecified atom stereocenters. The lowest BCUT2D eigenvalue weighted by Gasteiger charge is -2.17. The fraction of sp³-hybridized carbons (Fsp3) is 0.273. The van der Waals surface area contributed by atoms with Crippen LogP contribution >= 0.6 is 0 Å². The number of carbonyl (C=O) groups is 1. The van der Waals surface area contributed by atoms with Crippen molar-refractivity contribution in [3.05, 3.63) is 82.2 Å². The number of pyridine rings is 1. The molecule has 7 nitrogen and oxygen atoms in total. The number of amides is 1. The van der Waals surface area contributed by atoms with E-state index >= 15 is 0 Å². The van der Waals surface area contributed by atoms with Crippen molar-refractivity contribution in [3.8, 4) is 11.6 Å². The zero-order valence-corrected chi connectivity index (χ0v) is 16.4. The first-order chi connectivity index (χ1) is 14.0. The van der Waals surface area contributed by atoms with Crippen molar-refractivity contribution in [2.45, 2.75) is 19.3 Å². The number of para-hydroxylation sites is 1. The van der Waals surface area contributed by atoms with Crippen LogP contribution in [0.2, 0.25) is 0 Å². The average Bonchev–Trinajstić information content (AvgIpc) is 3.20. The fourth-order valence-corrected chi connectivity index (χ4v) is 3.46. The maximum atomic E-state index is 12.8. The predicted molar refractivity (Wildman–Crippen MR) is 108 cm³/mol. The van der Waals surface area contributed by atoms with Crippen LogP contribution in [-0.4, -0.2) is 38.4 Å². The van der Waals surface area contributed by atoms with Crippen LogP contribution in [0.5, 0.6) is 11.6 Å². The van der Waals surface area contributed by atoms with Crippen molar-refractivity contribution < 1.29 is 9.53 Å². The molecule has 1 atom stereocenters. The number of likely N-dealkylation sites (tertiary alicyclic amines) is 1. The molecule has 0 spiro atoms. The predicted octanol–water partition coefficient (Wildman–Crippen LogP) is 2.91. The van der Waals surface area contributed by atoms with E-state index in [1.807, 2.05) is 37.3 Å². The summed E-state index contributed by atoms with van der Waals surface area (Å²) in [6, 6.07) is 14.3. The zero-order chi connectivity index (χ0) is 20.4. The van der Waals surface area contributed by atoms with Gasteiger partial charge < -0.3 is 14.2 Å². The number of hydrogen-bond acceptors (Lipinski definition) is 5. The smallest absolute Gasteiger partial charge is 0.255 e. The van der Waals surface area contributed by atoms with Crippen LogP contribution in [-0.2, 0) is 7.05 Å². The lowest BCUT2D eigenvalue weighted by atomic mass is 10.1. The summed E-state index contributed by atoms with van der Waals surface area (Å²) < 4.78 is 7.28. The summed E-state index contributed by atoms with van der Waals surface area (Å²) >= 11 is 0. The molecule has 29 heavy (non-hydrogen) atoms.